The van der Waals surface area contributed by atoms with Gasteiger partial charge in [0, 0.05) is 5.92 Å². The zero-order chi connectivity index (χ0) is 10.3. The van der Waals surface area contributed by atoms with Crippen LogP contribution in [0.4, 0.5) is 0 Å². The highest BCUT2D eigenvalue weighted by atomic mass is 16.1. The molecule has 3 unspecified atom stereocenters. The number of hydrogen-bond donors (Lipinski definition) is 0. The first-order valence-electron chi connectivity index (χ1n) is 6.58. The molecule has 2 bridgehead atoms. The van der Waals surface area contributed by atoms with Crippen LogP contribution in [0.2, 0.25) is 0 Å². The van der Waals surface area contributed by atoms with E-state index in [1.165, 1.54) is 44.1 Å². The van der Waals surface area contributed by atoms with Gasteiger partial charge in [-0.3, -0.25) is 4.79 Å². The molecule has 15 heavy (non-hydrogen) atoms. The van der Waals surface area contributed by atoms with Crippen molar-refractivity contribution in [3.63, 3.8) is 0 Å². The summed E-state index contributed by atoms with van der Waals surface area (Å²) in [4.78, 5) is 12.3. The minimum absolute atomic E-state index is 0.424. The number of carbonyl (C=O) groups is 1. The number of allylic oxidation sites excluding steroid dienone is 2. The van der Waals surface area contributed by atoms with Gasteiger partial charge in [0.1, 0.15) is 0 Å². The second-order valence-electron chi connectivity index (χ2n) is 5.62. The minimum Gasteiger partial charge on any atom is -0.294 e. The summed E-state index contributed by atoms with van der Waals surface area (Å²) in [6.07, 6.45) is 12.2. The first-order valence-corrected chi connectivity index (χ1v) is 6.58. The monoisotopic (exact) mass is 204 g/mol. The molecule has 1 nitrogen and oxygen atoms in total. The second-order valence-corrected chi connectivity index (χ2v) is 5.62. The van der Waals surface area contributed by atoms with Crippen LogP contribution >= 0.6 is 0 Å². The van der Waals surface area contributed by atoms with Crippen LogP contribution in [0.3, 0.4) is 0 Å². The maximum Gasteiger partial charge on any atom is 0.161 e. The van der Waals surface area contributed by atoms with Crippen molar-refractivity contribution in [2.45, 2.75) is 51.4 Å². The molecule has 2 fully saturated rings. The Bertz CT molecular complexity index is 302. The maximum absolute atomic E-state index is 12.3. The van der Waals surface area contributed by atoms with E-state index in [9.17, 15) is 4.79 Å². The second kappa shape index (κ2) is 3.77. The number of rotatable bonds is 2. The number of fused-ring (bicyclic) bond motifs is 2. The molecule has 1 heteroatoms. The quantitative estimate of drug-likeness (QED) is 0.673. The van der Waals surface area contributed by atoms with Crippen molar-refractivity contribution < 1.29 is 4.79 Å². The molecule has 0 aliphatic heterocycles. The van der Waals surface area contributed by atoms with E-state index in [1.54, 1.807) is 0 Å². The Morgan fingerprint density at radius 3 is 2.73 bits per heavy atom. The van der Waals surface area contributed by atoms with Crippen LogP contribution in [-0.2, 0) is 4.79 Å². The topological polar surface area (TPSA) is 17.1 Å². The van der Waals surface area contributed by atoms with Crippen molar-refractivity contribution in [2.75, 3.05) is 0 Å². The Balaban J connectivity index is 1.72. The molecule has 0 amide bonds. The first kappa shape index (κ1) is 9.62. The molecule has 82 valence electrons. The lowest BCUT2D eigenvalue weighted by molar-refractivity contribution is -0.120. The summed E-state index contributed by atoms with van der Waals surface area (Å²) in [7, 11) is 0. The van der Waals surface area contributed by atoms with Gasteiger partial charge in [-0.2, -0.15) is 0 Å². The fourth-order valence-corrected chi connectivity index (χ4v) is 3.87. The van der Waals surface area contributed by atoms with Crippen molar-refractivity contribution in [2.24, 2.45) is 17.8 Å². The summed E-state index contributed by atoms with van der Waals surface area (Å²) in [6, 6.07) is 0. The van der Waals surface area contributed by atoms with Gasteiger partial charge in [0.2, 0.25) is 0 Å². The highest BCUT2D eigenvalue weighted by molar-refractivity contribution is 5.97. The molecule has 3 aliphatic rings. The Labute approximate surface area is 91.9 Å². The zero-order valence-electron chi connectivity index (χ0n) is 9.37. The molecule has 0 radical (unpaired) electrons. The molecule has 0 aromatic carbocycles. The molecule has 3 aliphatic carbocycles. The van der Waals surface area contributed by atoms with E-state index in [-0.39, 0.29) is 0 Å². The minimum atomic E-state index is 0.424. The van der Waals surface area contributed by atoms with Gasteiger partial charge in [-0.1, -0.05) is 12.5 Å². The van der Waals surface area contributed by atoms with Crippen molar-refractivity contribution in [3.8, 4) is 0 Å². The van der Waals surface area contributed by atoms with Gasteiger partial charge in [0.05, 0.1) is 0 Å². The van der Waals surface area contributed by atoms with Crippen molar-refractivity contribution in [1.82, 2.24) is 0 Å². The average molecular weight is 204 g/mol. The predicted octanol–water partition coefficient (Wildman–Crippen LogP) is 3.49. The Morgan fingerprint density at radius 2 is 2.13 bits per heavy atom. The number of ketones is 1. The van der Waals surface area contributed by atoms with Crippen LogP contribution in [0.25, 0.3) is 0 Å². The summed E-state index contributed by atoms with van der Waals surface area (Å²) in [6.45, 7) is 0. The van der Waals surface area contributed by atoms with Crippen LogP contribution in [0.15, 0.2) is 11.6 Å². The molecule has 0 spiro atoms. The van der Waals surface area contributed by atoms with Crippen LogP contribution in [-0.4, -0.2) is 5.78 Å². The van der Waals surface area contributed by atoms with Crippen LogP contribution in [0, 0.1) is 17.8 Å². The lowest BCUT2D eigenvalue weighted by Gasteiger charge is -2.22. The lowest BCUT2D eigenvalue weighted by Crippen LogP contribution is -2.23. The fraction of sp³-hybridized carbons (Fsp3) is 0.786. The molecular weight excluding hydrogens is 184 g/mol. The van der Waals surface area contributed by atoms with Crippen molar-refractivity contribution in [3.05, 3.63) is 11.6 Å². The van der Waals surface area contributed by atoms with E-state index in [1.807, 2.05) is 0 Å². The summed E-state index contributed by atoms with van der Waals surface area (Å²) < 4.78 is 0. The highest BCUT2D eigenvalue weighted by Gasteiger charge is 2.43. The Hall–Kier alpha value is -0.590. The summed E-state index contributed by atoms with van der Waals surface area (Å²) >= 11 is 0. The summed E-state index contributed by atoms with van der Waals surface area (Å²) in [5.41, 5.74) is 1.18. The van der Waals surface area contributed by atoms with Crippen LogP contribution in [0.1, 0.15) is 51.4 Å². The van der Waals surface area contributed by atoms with Gasteiger partial charge >= 0.3 is 0 Å². The molecular formula is C14H20O. The zero-order valence-corrected chi connectivity index (χ0v) is 9.37. The van der Waals surface area contributed by atoms with Gasteiger partial charge in [-0.25, -0.2) is 0 Å². The number of hydrogen-bond acceptors (Lipinski definition) is 1. The molecule has 2 saturated carbocycles. The molecule has 3 rings (SSSR count). The van der Waals surface area contributed by atoms with Gasteiger partial charge in [-0.05, 0) is 62.4 Å². The Kier molecular flexibility index (Phi) is 2.42. The normalized spacial score (nSPS) is 39.2. The maximum atomic E-state index is 12.3. The van der Waals surface area contributed by atoms with E-state index in [0.717, 1.165) is 24.7 Å². The largest absolute Gasteiger partial charge is 0.294 e. The molecule has 0 N–H and O–H groups in total. The van der Waals surface area contributed by atoms with E-state index < -0.39 is 0 Å². The van der Waals surface area contributed by atoms with Gasteiger partial charge in [0.15, 0.2) is 5.78 Å². The average Bonchev–Trinajstić information content (AvgIpc) is 2.91. The Morgan fingerprint density at radius 1 is 1.20 bits per heavy atom. The molecule has 3 atom stereocenters. The van der Waals surface area contributed by atoms with Crippen molar-refractivity contribution in [1.29, 1.82) is 0 Å². The van der Waals surface area contributed by atoms with E-state index in [2.05, 4.69) is 6.08 Å². The smallest absolute Gasteiger partial charge is 0.161 e. The summed E-state index contributed by atoms with van der Waals surface area (Å²) in [5, 5.41) is 0. The molecule has 0 saturated heterocycles. The van der Waals surface area contributed by atoms with Crippen LogP contribution in [0.5, 0.6) is 0 Å². The molecule has 0 heterocycles. The molecule has 0 aromatic rings. The fourth-order valence-electron chi connectivity index (χ4n) is 3.87. The third-order valence-corrected chi connectivity index (χ3v) is 4.68. The van der Waals surface area contributed by atoms with Gasteiger partial charge < -0.3 is 0 Å². The standard InChI is InChI=1S/C14H20O/c15-14(11-4-2-1-3-5-11)13-9-10-6-7-12(13)8-10/h4,10,12-13H,1-3,5-9H2. The highest BCUT2D eigenvalue weighted by Crippen LogP contribution is 2.49. The summed E-state index contributed by atoms with van der Waals surface area (Å²) in [5.74, 6) is 2.61. The van der Waals surface area contributed by atoms with Crippen molar-refractivity contribution >= 4 is 5.78 Å². The van der Waals surface area contributed by atoms with E-state index >= 15 is 0 Å². The third kappa shape index (κ3) is 1.66. The molecule has 0 aromatic heterocycles. The first-order chi connectivity index (χ1) is 7.34. The third-order valence-electron chi connectivity index (χ3n) is 4.68. The predicted molar refractivity (Wildman–Crippen MR) is 60.5 cm³/mol. The number of carbonyl (C=O) groups excluding carboxylic acids is 1. The van der Waals surface area contributed by atoms with E-state index in [4.69, 9.17) is 0 Å². The van der Waals surface area contributed by atoms with Crippen LogP contribution < -0.4 is 0 Å². The van der Waals surface area contributed by atoms with Gasteiger partial charge in [0.25, 0.3) is 0 Å². The van der Waals surface area contributed by atoms with E-state index in [0.29, 0.717) is 11.7 Å². The van der Waals surface area contributed by atoms with Gasteiger partial charge in [-0.15, -0.1) is 0 Å². The SMILES string of the molecule is O=C(C1=CCCCC1)C1CC2CCC1C2. The number of Topliss-reactive ketones (excluding diaryl/α,β-unsaturated/α-hetero) is 1. The lowest BCUT2D eigenvalue weighted by atomic mass is 9.81.